The van der Waals surface area contributed by atoms with Gasteiger partial charge in [-0.1, -0.05) is 22.0 Å². The highest BCUT2D eigenvalue weighted by Crippen LogP contribution is 2.26. The van der Waals surface area contributed by atoms with Gasteiger partial charge in [-0.15, -0.1) is 0 Å². The van der Waals surface area contributed by atoms with Crippen LogP contribution < -0.4 is 4.83 Å². The minimum Gasteiger partial charge on any atom is -0.504 e. The van der Waals surface area contributed by atoms with Gasteiger partial charge in [0.2, 0.25) is 0 Å². The Morgan fingerprint density at radius 2 is 1.76 bits per heavy atom. The van der Waals surface area contributed by atoms with Gasteiger partial charge in [0.25, 0.3) is 10.0 Å². The minimum absolute atomic E-state index is 0.0583. The Hall–Kier alpha value is -2.06. The van der Waals surface area contributed by atoms with Gasteiger partial charge in [-0.25, -0.2) is 4.83 Å². The van der Waals surface area contributed by atoms with Crippen LogP contribution in [0.25, 0.3) is 0 Å². The molecule has 0 saturated carbocycles. The van der Waals surface area contributed by atoms with Crippen molar-refractivity contribution in [2.75, 3.05) is 0 Å². The van der Waals surface area contributed by atoms with Crippen molar-refractivity contribution in [3.63, 3.8) is 0 Å². The van der Waals surface area contributed by atoms with E-state index in [-0.39, 0.29) is 22.0 Å². The normalized spacial score (nSPS) is 11.7. The predicted molar refractivity (Wildman–Crippen MR) is 81.8 cm³/mol. The molecule has 3 N–H and O–H groups in total. The Morgan fingerprint density at radius 1 is 1.10 bits per heavy atom. The lowest BCUT2D eigenvalue weighted by molar-refractivity contribution is 0.403. The lowest BCUT2D eigenvalue weighted by Gasteiger charge is -2.04. The van der Waals surface area contributed by atoms with E-state index in [1.807, 2.05) is 4.83 Å². The van der Waals surface area contributed by atoms with E-state index in [1.165, 1.54) is 30.3 Å². The van der Waals surface area contributed by atoms with Crippen LogP contribution in [0.5, 0.6) is 11.5 Å². The zero-order valence-corrected chi connectivity index (χ0v) is 13.0. The van der Waals surface area contributed by atoms with E-state index in [2.05, 4.69) is 21.0 Å². The van der Waals surface area contributed by atoms with Crippen molar-refractivity contribution < 1.29 is 18.6 Å². The van der Waals surface area contributed by atoms with Crippen LogP contribution in [0.15, 0.2) is 56.9 Å². The number of hydrogen-bond acceptors (Lipinski definition) is 5. The van der Waals surface area contributed by atoms with Crippen LogP contribution in [0.2, 0.25) is 0 Å². The molecule has 0 heterocycles. The van der Waals surface area contributed by atoms with E-state index in [1.54, 1.807) is 12.1 Å². The first-order valence-corrected chi connectivity index (χ1v) is 7.99. The number of halogens is 1. The highest BCUT2D eigenvalue weighted by molar-refractivity contribution is 9.10. The molecular formula is C13H11BrN2O4S. The molecule has 0 aromatic heterocycles. The topological polar surface area (TPSA) is 99.0 Å². The Morgan fingerprint density at radius 3 is 2.43 bits per heavy atom. The number of phenols is 2. The zero-order chi connectivity index (χ0) is 15.5. The maximum atomic E-state index is 11.9. The minimum atomic E-state index is -3.78. The van der Waals surface area contributed by atoms with E-state index < -0.39 is 10.0 Å². The molecule has 0 amide bonds. The van der Waals surface area contributed by atoms with Crippen LogP contribution in [0.4, 0.5) is 0 Å². The first-order valence-electron chi connectivity index (χ1n) is 5.71. The average Bonchev–Trinajstić information content (AvgIpc) is 2.44. The SMILES string of the molecule is O=S(=O)(N/N=C/c1cccc(O)c1O)c1ccc(Br)cc1. The van der Waals surface area contributed by atoms with E-state index >= 15 is 0 Å². The van der Waals surface area contributed by atoms with Gasteiger partial charge >= 0.3 is 0 Å². The van der Waals surface area contributed by atoms with Crippen LogP contribution in [0, 0.1) is 0 Å². The molecule has 6 nitrogen and oxygen atoms in total. The molecule has 110 valence electrons. The maximum absolute atomic E-state index is 11.9. The van der Waals surface area contributed by atoms with E-state index in [4.69, 9.17) is 0 Å². The molecule has 21 heavy (non-hydrogen) atoms. The highest BCUT2D eigenvalue weighted by Gasteiger charge is 2.12. The van der Waals surface area contributed by atoms with Crippen LogP contribution in [-0.4, -0.2) is 24.8 Å². The predicted octanol–water partition coefficient (Wildman–Crippen LogP) is 2.17. The molecule has 0 radical (unpaired) electrons. The monoisotopic (exact) mass is 370 g/mol. The van der Waals surface area contributed by atoms with E-state index in [0.29, 0.717) is 0 Å². The Bertz CT molecular complexity index is 773. The molecule has 0 saturated heterocycles. The second-order valence-corrected chi connectivity index (χ2v) is 6.60. The van der Waals surface area contributed by atoms with Crippen molar-refractivity contribution in [3.8, 4) is 11.5 Å². The van der Waals surface area contributed by atoms with Crippen molar-refractivity contribution in [1.29, 1.82) is 0 Å². The smallest absolute Gasteiger partial charge is 0.276 e. The highest BCUT2D eigenvalue weighted by atomic mass is 79.9. The molecule has 0 aliphatic heterocycles. The van der Waals surface area contributed by atoms with Gasteiger partial charge < -0.3 is 10.2 Å². The number of aromatic hydroxyl groups is 2. The fourth-order valence-corrected chi connectivity index (χ4v) is 2.54. The van der Waals surface area contributed by atoms with Gasteiger partial charge in [-0.3, -0.25) is 0 Å². The lowest BCUT2D eigenvalue weighted by atomic mass is 10.2. The van der Waals surface area contributed by atoms with Crippen molar-refractivity contribution in [1.82, 2.24) is 4.83 Å². The molecule has 8 heteroatoms. The summed E-state index contributed by atoms with van der Waals surface area (Å²) in [5, 5.41) is 22.4. The molecule has 0 aliphatic carbocycles. The molecule has 2 aromatic carbocycles. The summed E-state index contributed by atoms with van der Waals surface area (Å²) in [6.45, 7) is 0. The second kappa shape index (κ2) is 6.15. The van der Waals surface area contributed by atoms with Crippen molar-refractivity contribution in [3.05, 3.63) is 52.5 Å². The third-order valence-electron chi connectivity index (χ3n) is 2.55. The molecule has 0 spiro atoms. The molecule has 0 unspecified atom stereocenters. The van der Waals surface area contributed by atoms with Gasteiger partial charge in [0, 0.05) is 10.0 Å². The Labute approximate surface area is 129 Å². The van der Waals surface area contributed by atoms with Crippen molar-refractivity contribution in [2.45, 2.75) is 4.90 Å². The molecule has 0 bridgehead atoms. The average molecular weight is 371 g/mol. The summed E-state index contributed by atoms with van der Waals surface area (Å²) in [5.41, 5.74) is 0.188. The number of nitrogens with zero attached hydrogens (tertiary/aromatic N) is 1. The molecule has 0 fully saturated rings. The van der Waals surface area contributed by atoms with Crippen LogP contribution >= 0.6 is 15.9 Å². The molecular weight excluding hydrogens is 360 g/mol. The molecule has 0 atom stereocenters. The number of nitrogens with one attached hydrogen (secondary N) is 1. The fourth-order valence-electron chi connectivity index (χ4n) is 1.48. The van der Waals surface area contributed by atoms with Crippen LogP contribution in [0.1, 0.15) is 5.56 Å². The number of sulfonamides is 1. The zero-order valence-electron chi connectivity index (χ0n) is 10.6. The summed E-state index contributed by atoms with van der Waals surface area (Å²) in [6.07, 6.45) is 1.10. The summed E-state index contributed by atoms with van der Waals surface area (Å²) in [7, 11) is -3.78. The molecule has 2 rings (SSSR count). The quantitative estimate of drug-likeness (QED) is 0.436. The summed E-state index contributed by atoms with van der Waals surface area (Å²) >= 11 is 3.21. The molecule has 2 aromatic rings. The van der Waals surface area contributed by atoms with E-state index in [9.17, 15) is 18.6 Å². The fraction of sp³-hybridized carbons (Fsp3) is 0. The number of phenolic OH excluding ortho intramolecular Hbond substituents is 2. The first-order chi connectivity index (χ1) is 9.90. The van der Waals surface area contributed by atoms with Gasteiger partial charge in [-0.2, -0.15) is 13.5 Å². The van der Waals surface area contributed by atoms with Gasteiger partial charge in [0.1, 0.15) is 0 Å². The summed E-state index contributed by atoms with van der Waals surface area (Å²) in [6, 6.07) is 10.3. The number of para-hydroxylation sites is 1. The van der Waals surface area contributed by atoms with Gasteiger partial charge in [0.05, 0.1) is 11.1 Å². The number of rotatable bonds is 4. The third-order valence-corrected chi connectivity index (χ3v) is 4.31. The summed E-state index contributed by atoms with van der Waals surface area (Å²) in [4.78, 5) is 2.08. The van der Waals surface area contributed by atoms with Crippen molar-refractivity contribution >= 4 is 32.2 Å². The Kier molecular flexibility index (Phi) is 4.49. The summed E-state index contributed by atoms with van der Waals surface area (Å²) < 4.78 is 24.6. The van der Waals surface area contributed by atoms with Gasteiger partial charge in [0.15, 0.2) is 11.5 Å². The van der Waals surface area contributed by atoms with Gasteiger partial charge in [-0.05, 0) is 36.4 Å². The van der Waals surface area contributed by atoms with E-state index in [0.717, 1.165) is 10.7 Å². The lowest BCUT2D eigenvalue weighted by Crippen LogP contribution is -2.18. The Balaban J connectivity index is 2.16. The van der Waals surface area contributed by atoms with Crippen molar-refractivity contribution in [2.24, 2.45) is 5.10 Å². The molecule has 0 aliphatic rings. The second-order valence-electron chi connectivity index (χ2n) is 4.02. The number of hydrogen-bond donors (Lipinski definition) is 3. The third kappa shape index (κ3) is 3.73. The van der Waals surface area contributed by atoms with Crippen LogP contribution in [0.3, 0.4) is 0 Å². The first kappa shape index (κ1) is 15.3. The standard InChI is InChI=1S/C13H11BrN2O4S/c14-10-4-6-11(7-5-10)21(19,20)16-15-8-9-2-1-3-12(17)13(9)18/h1-8,16-18H/b15-8+. The maximum Gasteiger partial charge on any atom is 0.276 e. The summed E-state index contributed by atoms with van der Waals surface area (Å²) in [5.74, 6) is -0.682. The number of hydrazone groups is 1. The largest absolute Gasteiger partial charge is 0.504 e. The number of benzene rings is 2. The van der Waals surface area contributed by atoms with Crippen LogP contribution in [-0.2, 0) is 10.0 Å².